The zero-order valence-electron chi connectivity index (χ0n) is 22.0. The quantitative estimate of drug-likeness (QED) is 0.121. The largest absolute Gasteiger partial charge is 0.394 e. The molecular weight excluding hydrogens is 434 g/mol. The molecule has 1 amide bonds. The second-order valence-corrected chi connectivity index (χ2v) is 8.37. The third-order valence-corrected chi connectivity index (χ3v) is 5.15. The van der Waals surface area contributed by atoms with Crippen LogP contribution in [0.5, 0.6) is 0 Å². The number of carbonyl (C=O) groups is 1. The van der Waals surface area contributed by atoms with E-state index in [1.165, 1.54) is 0 Å². The molecule has 0 rings (SSSR count). The number of hydrogen-bond donors (Lipinski definition) is 3. The molecule has 0 aliphatic heterocycles. The molecule has 0 heterocycles. The van der Waals surface area contributed by atoms with Crippen LogP contribution in [0.1, 0.15) is 84.5 Å². The van der Waals surface area contributed by atoms with E-state index in [4.69, 9.17) is 0 Å². The highest BCUT2D eigenvalue weighted by atomic mass is 16.3. The first-order valence-electron chi connectivity index (χ1n) is 13.3. The summed E-state index contributed by atoms with van der Waals surface area (Å²) >= 11 is 0. The van der Waals surface area contributed by atoms with Crippen molar-refractivity contribution in [3.8, 4) is 0 Å². The van der Waals surface area contributed by atoms with Crippen molar-refractivity contribution >= 4 is 5.91 Å². The summed E-state index contributed by atoms with van der Waals surface area (Å²) in [5.74, 6) is -0.162. The molecular formula is C31H49NO3. The highest BCUT2D eigenvalue weighted by Gasteiger charge is 2.17. The number of carbonyl (C=O) groups excluding carboxylic acids is 1. The van der Waals surface area contributed by atoms with Crippen LogP contribution in [0.2, 0.25) is 0 Å². The van der Waals surface area contributed by atoms with Gasteiger partial charge in [0.1, 0.15) is 0 Å². The van der Waals surface area contributed by atoms with Gasteiger partial charge in [-0.15, -0.1) is 0 Å². The van der Waals surface area contributed by atoms with Crippen molar-refractivity contribution in [1.82, 2.24) is 5.32 Å². The number of allylic oxidation sites excluding steroid dienone is 13. The first-order valence-corrected chi connectivity index (χ1v) is 13.3. The molecule has 0 radical (unpaired) electrons. The lowest BCUT2D eigenvalue weighted by atomic mass is 10.1. The summed E-state index contributed by atoms with van der Waals surface area (Å²) in [6.07, 6.45) is 38.4. The van der Waals surface area contributed by atoms with Crippen LogP contribution in [0.15, 0.2) is 85.1 Å². The van der Waals surface area contributed by atoms with Crippen LogP contribution in [0.3, 0.4) is 0 Å². The van der Waals surface area contributed by atoms with Gasteiger partial charge in [0.25, 0.3) is 0 Å². The molecule has 3 N–H and O–H groups in total. The minimum Gasteiger partial charge on any atom is -0.394 e. The molecule has 35 heavy (non-hydrogen) atoms. The molecule has 0 saturated carbocycles. The van der Waals surface area contributed by atoms with Crippen molar-refractivity contribution in [1.29, 1.82) is 0 Å². The Kier molecular flexibility index (Phi) is 24.4. The standard InChI is InChI=1S/C31H49NO3/c1-3-5-7-9-10-11-12-13-14-15-16-17-18-19-20-21-22-23-25-27-31(35)32-29(28-33)30(34)26-24-8-6-4-2/h5,7,10-11,13-14,16-17,19-20,22-24,26,29-30,33-34H,3-4,6,8-9,12,15,18,21,25,27-28H2,1-2H3,(H,32,35)/b7-5-,11-10-,14-13-,17-16-,20-19-,23-22-,26-24+. The Bertz CT molecular complexity index is 698. The number of amides is 1. The molecule has 196 valence electrons. The maximum atomic E-state index is 12.1. The van der Waals surface area contributed by atoms with E-state index in [0.29, 0.717) is 12.8 Å². The van der Waals surface area contributed by atoms with Gasteiger partial charge in [-0.3, -0.25) is 4.79 Å². The summed E-state index contributed by atoms with van der Waals surface area (Å²) < 4.78 is 0. The zero-order chi connectivity index (χ0) is 25.8. The van der Waals surface area contributed by atoms with Gasteiger partial charge in [0, 0.05) is 6.42 Å². The van der Waals surface area contributed by atoms with Crippen molar-refractivity contribution in [3.63, 3.8) is 0 Å². The summed E-state index contributed by atoms with van der Waals surface area (Å²) in [5.41, 5.74) is 0. The molecule has 0 aromatic rings. The van der Waals surface area contributed by atoms with Crippen LogP contribution in [-0.4, -0.2) is 34.9 Å². The minimum absolute atomic E-state index is 0.162. The third kappa shape index (κ3) is 23.1. The van der Waals surface area contributed by atoms with Crippen molar-refractivity contribution < 1.29 is 15.0 Å². The Hall–Kier alpha value is -2.43. The van der Waals surface area contributed by atoms with Crippen molar-refractivity contribution in [2.75, 3.05) is 6.61 Å². The molecule has 0 fully saturated rings. The van der Waals surface area contributed by atoms with Crippen LogP contribution in [-0.2, 0) is 4.79 Å². The van der Waals surface area contributed by atoms with Crippen molar-refractivity contribution in [3.05, 3.63) is 85.1 Å². The fourth-order valence-electron chi connectivity index (χ4n) is 3.06. The molecule has 4 nitrogen and oxygen atoms in total. The Labute approximate surface area is 214 Å². The maximum Gasteiger partial charge on any atom is 0.220 e. The van der Waals surface area contributed by atoms with Crippen LogP contribution >= 0.6 is 0 Å². The molecule has 2 unspecified atom stereocenters. The average Bonchev–Trinajstić information content (AvgIpc) is 2.86. The van der Waals surface area contributed by atoms with Gasteiger partial charge in [-0.05, 0) is 51.4 Å². The van der Waals surface area contributed by atoms with E-state index >= 15 is 0 Å². The van der Waals surface area contributed by atoms with E-state index in [1.807, 2.05) is 12.2 Å². The van der Waals surface area contributed by atoms with Gasteiger partial charge < -0.3 is 15.5 Å². The molecule has 2 atom stereocenters. The molecule has 0 spiro atoms. The number of aliphatic hydroxyl groups is 2. The topological polar surface area (TPSA) is 69.6 Å². The lowest BCUT2D eigenvalue weighted by Crippen LogP contribution is -2.45. The highest BCUT2D eigenvalue weighted by Crippen LogP contribution is 2.02. The maximum absolute atomic E-state index is 12.1. The molecule has 4 heteroatoms. The average molecular weight is 484 g/mol. The Morgan fingerprint density at radius 2 is 1.20 bits per heavy atom. The predicted octanol–water partition coefficient (Wildman–Crippen LogP) is 7.05. The number of unbranched alkanes of at least 4 members (excludes halogenated alkanes) is 2. The van der Waals surface area contributed by atoms with Gasteiger partial charge in [-0.25, -0.2) is 0 Å². The minimum atomic E-state index is -0.869. The Morgan fingerprint density at radius 3 is 1.66 bits per heavy atom. The van der Waals surface area contributed by atoms with E-state index in [1.54, 1.807) is 6.08 Å². The second kappa shape index (κ2) is 26.2. The zero-order valence-corrected chi connectivity index (χ0v) is 22.0. The van der Waals surface area contributed by atoms with Gasteiger partial charge >= 0.3 is 0 Å². The van der Waals surface area contributed by atoms with E-state index in [2.05, 4.69) is 86.0 Å². The van der Waals surface area contributed by atoms with E-state index in [-0.39, 0.29) is 12.5 Å². The molecule has 0 bridgehead atoms. The van der Waals surface area contributed by atoms with Gasteiger partial charge in [-0.1, -0.05) is 112 Å². The number of rotatable bonds is 21. The number of aliphatic hydroxyl groups excluding tert-OH is 2. The summed E-state index contributed by atoms with van der Waals surface area (Å²) in [4.78, 5) is 12.1. The van der Waals surface area contributed by atoms with Crippen LogP contribution < -0.4 is 5.32 Å². The SMILES string of the molecule is CC/C=C\C/C=C\C/C=C\C/C=C\C/C=C\C/C=C\CCC(=O)NC(CO)C(O)/C=C/CCCC. The molecule has 0 aromatic carbocycles. The second-order valence-electron chi connectivity index (χ2n) is 8.37. The van der Waals surface area contributed by atoms with Gasteiger partial charge in [0.05, 0.1) is 18.8 Å². The van der Waals surface area contributed by atoms with Crippen molar-refractivity contribution in [2.45, 2.75) is 96.6 Å². The molecule has 0 aliphatic rings. The number of nitrogens with one attached hydrogen (secondary N) is 1. The van der Waals surface area contributed by atoms with E-state index in [0.717, 1.165) is 57.8 Å². The van der Waals surface area contributed by atoms with Crippen LogP contribution in [0.25, 0.3) is 0 Å². The fraction of sp³-hybridized carbons (Fsp3) is 0.516. The Morgan fingerprint density at radius 1 is 0.714 bits per heavy atom. The first-order chi connectivity index (χ1) is 17.2. The molecule has 0 saturated heterocycles. The third-order valence-electron chi connectivity index (χ3n) is 5.15. The van der Waals surface area contributed by atoms with Crippen LogP contribution in [0.4, 0.5) is 0 Å². The van der Waals surface area contributed by atoms with Crippen LogP contribution in [0, 0.1) is 0 Å². The van der Waals surface area contributed by atoms with Crippen molar-refractivity contribution in [2.24, 2.45) is 0 Å². The Balaban J connectivity index is 3.86. The van der Waals surface area contributed by atoms with Gasteiger partial charge in [0.2, 0.25) is 5.91 Å². The first kappa shape index (κ1) is 32.6. The summed E-state index contributed by atoms with van der Waals surface area (Å²) in [7, 11) is 0. The normalized spacial score (nSPS) is 14.7. The lowest BCUT2D eigenvalue weighted by molar-refractivity contribution is -0.122. The van der Waals surface area contributed by atoms with Gasteiger partial charge in [-0.2, -0.15) is 0 Å². The summed E-state index contributed by atoms with van der Waals surface area (Å²) in [5, 5.41) is 22.2. The lowest BCUT2D eigenvalue weighted by Gasteiger charge is -2.19. The van der Waals surface area contributed by atoms with E-state index < -0.39 is 12.1 Å². The van der Waals surface area contributed by atoms with E-state index in [9.17, 15) is 15.0 Å². The summed E-state index contributed by atoms with van der Waals surface area (Å²) in [6.45, 7) is 3.97. The smallest absolute Gasteiger partial charge is 0.220 e. The summed E-state index contributed by atoms with van der Waals surface area (Å²) in [6, 6.07) is -0.661. The molecule has 0 aromatic heterocycles. The fourth-order valence-corrected chi connectivity index (χ4v) is 3.06. The predicted molar refractivity (Wildman–Crippen MR) is 151 cm³/mol. The molecule has 0 aliphatic carbocycles. The number of hydrogen-bond acceptors (Lipinski definition) is 3. The highest BCUT2D eigenvalue weighted by molar-refractivity contribution is 5.76. The van der Waals surface area contributed by atoms with Gasteiger partial charge in [0.15, 0.2) is 0 Å². The monoisotopic (exact) mass is 483 g/mol.